The Hall–Kier alpha value is -1.95. The van der Waals surface area contributed by atoms with Crippen LogP contribution in [0.5, 0.6) is 0 Å². The van der Waals surface area contributed by atoms with Crippen molar-refractivity contribution in [3.8, 4) is 10.6 Å². The summed E-state index contributed by atoms with van der Waals surface area (Å²) >= 11 is 1.56. The van der Waals surface area contributed by atoms with Gasteiger partial charge >= 0.3 is 5.97 Å². The van der Waals surface area contributed by atoms with Crippen LogP contribution in [0.2, 0.25) is 0 Å². The van der Waals surface area contributed by atoms with Gasteiger partial charge in [-0.1, -0.05) is 36.8 Å². The van der Waals surface area contributed by atoms with Crippen molar-refractivity contribution in [1.82, 2.24) is 10.2 Å². The first kappa shape index (κ1) is 17.4. The van der Waals surface area contributed by atoms with Crippen LogP contribution in [-0.4, -0.2) is 27.8 Å². The standard InChI is InChI=1S/C17H23N3O2S/c1-4-5-8-18-17-20-19-16(23-17)15-11(2)9-13(10-12(15)3)6-7-14(21)22/h9-10H,4-8H2,1-3H3,(H,18,20)(H,21,22). The number of hydrogen-bond acceptors (Lipinski definition) is 5. The van der Waals surface area contributed by atoms with Gasteiger partial charge in [0.25, 0.3) is 0 Å². The zero-order valence-electron chi connectivity index (χ0n) is 13.8. The van der Waals surface area contributed by atoms with Gasteiger partial charge in [0.15, 0.2) is 0 Å². The molecule has 2 aromatic rings. The molecule has 5 nitrogen and oxygen atoms in total. The fourth-order valence-corrected chi connectivity index (χ4v) is 3.50. The van der Waals surface area contributed by atoms with Gasteiger partial charge in [-0.15, -0.1) is 10.2 Å². The summed E-state index contributed by atoms with van der Waals surface area (Å²) in [7, 11) is 0. The van der Waals surface area contributed by atoms with E-state index in [-0.39, 0.29) is 6.42 Å². The van der Waals surface area contributed by atoms with Gasteiger partial charge in [0, 0.05) is 18.5 Å². The number of unbranched alkanes of at least 4 members (excludes halogenated alkanes) is 1. The second kappa shape index (κ2) is 8.06. The van der Waals surface area contributed by atoms with Gasteiger partial charge in [-0.2, -0.15) is 0 Å². The highest BCUT2D eigenvalue weighted by atomic mass is 32.1. The highest BCUT2D eigenvalue weighted by Crippen LogP contribution is 2.32. The second-order valence-corrected chi connectivity index (χ2v) is 6.67. The number of nitrogens with one attached hydrogen (secondary N) is 1. The lowest BCUT2D eigenvalue weighted by Crippen LogP contribution is -1.99. The summed E-state index contributed by atoms with van der Waals surface area (Å²) in [6.45, 7) is 7.15. The Bertz CT molecular complexity index is 659. The van der Waals surface area contributed by atoms with Crippen molar-refractivity contribution < 1.29 is 9.90 Å². The molecule has 0 amide bonds. The van der Waals surface area contributed by atoms with Crippen molar-refractivity contribution in [2.24, 2.45) is 0 Å². The molecule has 6 heteroatoms. The molecule has 0 aliphatic heterocycles. The molecule has 2 rings (SSSR count). The van der Waals surface area contributed by atoms with Crippen molar-refractivity contribution in [2.45, 2.75) is 46.5 Å². The molecule has 0 spiro atoms. The van der Waals surface area contributed by atoms with Gasteiger partial charge in [0.1, 0.15) is 5.01 Å². The molecule has 0 saturated carbocycles. The number of benzene rings is 1. The molecule has 0 saturated heterocycles. The van der Waals surface area contributed by atoms with E-state index in [1.165, 1.54) is 0 Å². The van der Waals surface area contributed by atoms with Crippen LogP contribution in [0.25, 0.3) is 10.6 Å². The third-order valence-corrected chi connectivity index (χ3v) is 4.56. The Labute approximate surface area is 140 Å². The predicted molar refractivity (Wildman–Crippen MR) is 94.2 cm³/mol. The van der Waals surface area contributed by atoms with Crippen molar-refractivity contribution in [3.05, 3.63) is 28.8 Å². The number of rotatable bonds is 8. The summed E-state index contributed by atoms with van der Waals surface area (Å²) in [4.78, 5) is 10.7. The summed E-state index contributed by atoms with van der Waals surface area (Å²) in [5, 5.41) is 22.4. The SMILES string of the molecule is CCCCNc1nnc(-c2c(C)cc(CCC(=O)O)cc2C)s1. The summed E-state index contributed by atoms with van der Waals surface area (Å²) in [5.41, 5.74) is 4.38. The zero-order chi connectivity index (χ0) is 16.8. The third-order valence-electron chi connectivity index (χ3n) is 3.67. The fourth-order valence-electron chi connectivity index (χ4n) is 2.55. The Morgan fingerprint density at radius 2 is 1.96 bits per heavy atom. The number of nitrogens with zero attached hydrogens (tertiary/aromatic N) is 2. The van der Waals surface area contributed by atoms with Gasteiger partial charge in [-0.3, -0.25) is 4.79 Å². The molecule has 0 unspecified atom stereocenters. The molecular weight excluding hydrogens is 310 g/mol. The largest absolute Gasteiger partial charge is 0.481 e. The predicted octanol–water partition coefficient (Wildman–Crippen LogP) is 4.05. The van der Waals surface area contributed by atoms with Gasteiger partial charge in [-0.25, -0.2) is 0 Å². The molecule has 0 bridgehead atoms. The lowest BCUT2D eigenvalue weighted by atomic mass is 9.97. The van der Waals surface area contributed by atoms with E-state index in [1.807, 2.05) is 13.8 Å². The monoisotopic (exact) mass is 333 g/mol. The molecule has 0 aliphatic rings. The lowest BCUT2D eigenvalue weighted by molar-refractivity contribution is -0.136. The summed E-state index contributed by atoms with van der Waals surface area (Å²) < 4.78 is 0. The molecule has 0 aliphatic carbocycles. The van der Waals surface area contributed by atoms with Crippen LogP contribution in [0.15, 0.2) is 12.1 Å². The summed E-state index contributed by atoms with van der Waals surface area (Å²) in [6.07, 6.45) is 2.97. The van der Waals surface area contributed by atoms with Crippen LogP contribution in [0.3, 0.4) is 0 Å². The number of anilines is 1. The lowest BCUT2D eigenvalue weighted by Gasteiger charge is -2.10. The molecule has 2 N–H and O–H groups in total. The average Bonchev–Trinajstić information content (AvgIpc) is 2.93. The first-order chi connectivity index (χ1) is 11.0. The molecule has 0 atom stereocenters. The van der Waals surface area contributed by atoms with Crippen LogP contribution in [0.1, 0.15) is 42.9 Å². The number of carbonyl (C=O) groups is 1. The average molecular weight is 333 g/mol. The number of carboxylic acids is 1. The van der Waals surface area contributed by atoms with Crippen LogP contribution in [0.4, 0.5) is 5.13 Å². The van der Waals surface area contributed by atoms with E-state index < -0.39 is 5.97 Å². The Morgan fingerprint density at radius 1 is 1.26 bits per heavy atom. The smallest absolute Gasteiger partial charge is 0.303 e. The van der Waals surface area contributed by atoms with E-state index in [2.05, 4.69) is 34.6 Å². The number of hydrogen-bond donors (Lipinski definition) is 2. The number of aliphatic carboxylic acids is 1. The minimum Gasteiger partial charge on any atom is -0.481 e. The third kappa shape index (κ3) is 4.76. The first-order valence-corrected chi connectivity index (χ1v) is 8.72. The van der Waals surface area contributed by atoms with Gasteiger partial charge in [-0.05, 0) is 43.4 Å². The number of carboxylic acid groups (broad SMARTS) is 1. The summed E-state index contributed by atoms with van der Waals surface area (Å²) in [5.74, 6) is -0.767. The first-order valence-electron chi connectivity index (χ1n) is 7.91. The van der Waals surface area contributed by atoms with E-state index in [0.717, 1.165) is 51.8 Å². The molecule has 124 valence electrons. The highest BCUT2D eigenvalue weighted by molar-refractivity contribution is 7.18. The molecular formula is C17H23N3O2S. The number of aromatic nitrogens is 2. The van der Waals surface area contributed by atoms with Gasteiger partial charge in [0.2, 0.25) is 5.13 Å². The van der Waals surface area contributed by atoms with Crippen molar-refractivity contribution in [2.75, 3.05) is 11.9 Å². The molecule has 1 aromatic heterocycles. The maximum absolute atomic E-state index is 10.7. The van der Waals surface area contributed by atoms with Gasteiger partial charge < -0.3 is 10.4 Å². The maximum atomic E-state index is 10.7. The second-order valence-electron chi connectivity index (χ2n) is 5.69. The van der Waals surface area contributed by atoms with E-state index in [9.17, 15) is 4.79 Å². The molecule has 0 fully saturated rings. The Kier molecular flexibility index (Phi) is 6.10. The van der Waals surface area contributed by atoms with Crippen LogP contribution in [0, 0.1) is 13.8 Å². The van der Waals surface area contributed by atoms with E-state index >= 15 is 0 Å². The van der Waals surface area contributed by atoms with Gasteiger partial charge in [0.05, 0.1) is 0 Å². The van der Waals surface area contributed by atoms with E-state index in [1.54, 1.807) is 11.3 Å². The quantitative estimate of drug-likeness (QED) is 0.713. The van der Waals surface area contributed by atoms with Crippen molar-refractivity contribution >= 4 is 22.4 Å². The highest BCUT2D eigenvalue weighted by Gasteiger charge is 2.13. The normalized spacial score (nSPS) is 10.7. The Morgan fingerprint density at radius 3 is 2.57 bits per heavy atom. The fraction of sp³-hybridized carbons (Fsp3) is 0.471. The molecule has 1 heterocycles. The maximum Gasteiger partial charge on any atom is 0.303 e. The summed E-state index contributed by atoms with van der Waals surface area (Å²) in [6, 6.07) is 4.10. The van der Waals surface area contributed by atoms with Crippen LogP contribution < -0.4 is 5.32 Å². The van der Waals surface area contributed by atoms with E-state index in [4.69, 9.17) is 5.11 Å². The van der Waals surface area contributed by atoms with Crippen molar-refractivity contribution in [1.29, 1.82) is 0 Å². The Balaban J connectivity index is 2.17. The van der Waals surface area contributed by atoms with Crippen LogP contribution >= 0.6 is 11.3 Å². The van der Waals surface area contributed by atoms with E-state index in [0.29, 0.717) is 6.42 Å². The minimum atomic E-state index is -0.767. The number of aryl methyl sites for hydroxylation is 3. The van der Waals surface area contributed by atoms with Crippen LogP contribution in [-0.2, 0) is 11.2 Å². The molecule has 23 heavy (non-hydrogen) atoms. The molecule has 1 aromatic carbocycles. The molecule has 0 radical (unpaired) electrons. The van der Waals surface area contributed by atoms with Crippen molar-refractivity contribution in [3.63, 3.8) is 0 Å². The zero-order valence-corrected chi connectivity index (χ0v) is 14.7. The minimum absolute atomic E-state index is 0.155. The topological polar surface area (TPSA) is 75.1 Å².